The predicted molar refractivity (Wildman–Crippen MR) is 113 cm³/mol. The first kappa shape index (κ1) is 18.2. The third kappa shape index (κ3) is 3.75. The molecule has 2 heterocycles. The second kappa shape index (κ2) is 7.82. The van der Waals surface area contributed by atoms with Crippen molar-refractivity contribution in [3.05, 3.63) is 83.3 Å². The fourth-order valence-electron chi connectivity index (χ4n) is 3.56. The summed E-state index contributed by atoms with van der Waals surface area (Å²) in [6.07, 6.45) is 1.92. The van der Waals surface area contributed by atoms with Crippen LogP contribution in [0.15, 0.2) is 60.8 Å². The van der Waals surface area contributed by atoms with E-state index in [2.05, 4.69) is 87.8 Å². The lowest BCUT2D eigenvalue weighted by molar-refractivity contribution is 0.318. The van der Waals surface area contributed by atoms with E-state index in [1.807, 2.05) is 19.2 Å². The molecular weight excluding hydrogens is 346 g/mol. The van der Waals surface area contributed by atoms with Crippen LogP contribution in [0.25, 0.3) is 22.4 Å². The summed E-state index contributed by atoms with van der Waals surface area (Å²) < 4.78 is 0. The Morgan fingerprint density at radius 1 is 0.821 bits per heavy atom. The Balaban J connectivity index is 1.51. The van der Waals surface area contributed by atoms with Crippen LogP contribution in [0.4, 0.5) is 0 Å². The van der Waals surface area contributed by atoms with Crippen LogP contribution >= 0.6 is 0 Å². The molecule has 4 rings (SSSR count). The molecule has 0 bridgehead atoms. The SMILES string of the molecule is Cc1n[nH]c(C)c1CN(C)Cc1cn[nH]c1-c1ccc(-c2ccccc2)cc1. The van der Waals surface area contributed by atoms with Crippen LogP contribution in [0, 0.1) is 13.8 Å². The first-order valence-electron chi connectivity index (χ1n) is 9.49. The van der Waals surface area contributed by atoms with Crippen LogP contribution < -0.4 is 0 Å². The molecule has 0 aliphatic heterocycles. The average molecular weight is 371 g/mol. The van der Waals surface area contributed by atoms with Gasteiger partial charge in [0.05, 0.1) is 17.6 Å². The zero-order chi connectivity index (χ0) is 19.5. The quantitative estimate of drug-likeness (QED) is 0.516. The summed E-state index contributed by atoms with van der Waals surface area (Å²) in [6.45, 7) is 5.78. The molecule has 0 saturated heterocycles. The third-order valence-corrected chi connectivity index (χ3v) is 5.15. The number of aromatic nitrogens is 4. The lowest BCUT2D eigenvalue weighted by Gasteiger charge is -2.17. The van der Waals surface area contributed by atoms with Gasteiger partial charge in [-0.2, -0.15) is 10.2 Å². The van der Waals surface area contributed by atoms with Crippen LogP contribution in [-0.2, 0) is 13.1 Å². The van der Waals surface area contributed by atoms with Crippen LogP contribution in [0.2, 0.25) is 0 Å². The highest BCUT2D eigenvalue weighted by Gasteiger charge is 2.13. The lowest BCUT2D eigenvalue weighted by Crippen LogP contribution is -2.18. The molecular formula is C23H25N5. The van der Waals surface area contributed by atoms with E-state index < -0.39 is 0 Å². The standard InChI is InChI=1S/C23H25N5/c1-16-22(17(2)26-25-16)15-28(3)14-21-13-24-27-23(21)20-11-9-19(10-12-20)18-7-5-4-6-8-18/h4-13H,14-15H2,1-3H3,(H,24,27)(H,25,26). The van der Waals surface area contributed by atoms with Gasteiger partial charge in [-0.05, 0) is 37.6 Å². The smallest absolute Gasteiger partial charge is 0.0695 e. The number of nitrogens with one attached hydrogen (secondary N) is 2. The highest BCUT2D eigenvalue weighted by molar-refractivity contribution is 5.69. The predicted octanol–water partition coefficient (Wildman–Crippen LogP) is 4.72. The van der Waals surface area contributed by atoms with Crippen LogP contribution in [0.3, 0.4) is 0 Å². The minimum absolute atomic E-state index is 0.816. The molecule has 2 aromatic heterocycles. The molecule has 28 heavy (non-hydrogen) atoms. The van der Waals surface area contributed by atoms with Gasteiger partial charge in [-0.3, -0.25) is 15.1 Å². The number of hydrogen-bond donors (Lipinski definition) is 2. The monoisotopic (exact) mass is 371 g/mol. The maximum atomic E-state index is 4.29. The van der Waals surface area contributed by atoms with Gasteiger partial charge >= 0.3 is 0 Å². The van der Waals surface area contributed by atoms with Crippen molar-refractivity contribution in [1.29, 1.82) is 0 Å². The fourth-order valence-corrected chi connectivity index (χ4v) is 3.56. The third-order valence-electron chi connectivity index (χ3n) is 5.15. The molecule has 0 radical (unpaired) electrons. The van der Waals surface area contributed by atoms with E-state index in [1.165, 1.54) is 22.3 Å². The van der Waals surface area contributed by atoms with Crippen molar-refractivity contribution >= 4 is 0 Å². The van der Waals surface area contributed by atoms with Gasteiger partial charge in [0.25, 0.3) is 0 Å². The van der Waals surface area contributed by atoms with Gasteiger partial charge in [-0.25, -0.2) is 0 Å². The molecule has 2 N–H and O–H groups in total. The molecule has 2 aromatic carbocycles. The number of nitrogens with zero attached hydrogens (tertiary/aromatic N) is 3. The normalized spacial score (nSPS) is 11.3. The minimum Gasteiger partial charge on any atom is -0.298 e. The summed E-state index contributed by atoms with van der Waals surface area (Å²) >= 11 is 0. The van der Waals surface area contributed by atoms with Crippen molar-refractivity contribution in [2.45, 2.75) is 26.9 Å². The van der Waals surface area contributed by atoms with E-state index in [0.29, 0.717) is 0 Å². The summed E-state index contributed by atoms with van der Waals surface area (Å²) in [5.41, 5.74) is 9.32. The Hall–Kier alpha value is -3.18. The highest BCUT2D eigenvalue weighted by Crippen LogP contribution is 2.26. The van der Waals surface area contributed by atoms with Crippen LogP contribution in [0.5, 0.6) is 0 Å². The summed E-state index contributed by atoms with van der Waals surface area (Å²) in [5, 5.41) is 14.8. The Labute approximate surface area is 165 Å². The van der Waals surface area contributed by atoms with E-state index in [0.717, 1.165) is 35.7 Å². The molecule has 0 unspecified atom stereocenters. The first-order valence-corrected chi connectivity index (χ1v) is 9.49. The second-order valence-corrected chi connectivity index (χ2v) is 7.30. The average Bonchev–Trinajstić information content (AvgIpc) is 3.30. The van der Waals surface area contributed by atoms with Crippen molar-refractivity contribution in [2.75, 3.05) is 7.05 Å². The van der Waals surface area contributed by atoms with E-state index in [4.69, 9.17) is 0 Å². The summed E-state index contributed by atoms with van der Waals surface area (Å²) in [6, 6.07) is 19.1. The van der Waals surface area contributed by atoms with Crippen molar-refractivity contribution in [3.8, 4) is 22.4 Å². The fraction of sp³-hybridized carbons (Fsp3) is 0.217. The van der Waals surface area contributed by atoms with Gasteiger partial charge in [0.15, 0.2) is 0 Å². The number of rotatable bonds is 6. The molecule has 5 nitrogen and oxygen atoms in total. The number of benzene rings is 2. The van der Waals surface area contributed by atoms with Gasteiger partial charge in [-0.15, -0.1) is 0 Å². The number of aryl methyl sites for hydroxylation is 2. The lowest BCUT2D eigenvalue weighted by atomic mass is 10.0. The van der Waals surface area contributed by atoms with Crippen molar-refractivity contribution < 1.29 is 0 Å². The maximum absolute atomic E-state index is 4.29. The Kier molecular flexibility index (Phi) is 5.08. The summed E-state index contributed by atoms with van der Waals surface area (Å²) in [5.74, 6) is 0. The molecule has 4 aromatic rings. The first-order chi connectivity index (χ1) is 13.6. The summed E-state index contributed by atoms with van der Waals surface area (Å²) in [7, 11) is 2.13. The molecule has 0 amide bonds. The number of H-pyrrole nitrogens is 2. The Morgan fingerprint density at radius 3 is 2.18 bits per heavy atom. The summed E-state index contributed by atoms with van der Waals surface area (Å²) in [4.78, 5) is 2.29. The van der Waals surface area contributed by atoms with Gasteiger partial charge in [0.1, 0.15) is 0 Å². The Morgan fingerprint density at radius 2 is 1.50 bits per heavy atom. The van der Waals surface area contributed by atoms with Gasteiger partial charge in [0, 0.05) is 29.9 Å². The van der Waals surface area contributed by atoms with E-state index in [-0.39, 0.29) is 0 Å². The molecule has 0 saturated carbocycles. The number of aromatic amines is 2. The number of hydrogen-bond acceptors (Lipinski definition) is 3. The van der Waals surface area contributed by atoms with Crippen molar-refractivity contribution in [2.24, 2.45) is 0 Å². The van der Waals surface area contributed by atoms with Crippen molar-refractivity contribution in [1.82, 2.24) is 25.3 Å². The molecule has 0 aliphatic carbocycles. The zero-order valence-corrected chi connectivity index (χ0v) is 16.5. The van der Waals surface area contributed by atoms with Crippen LogP contribution in [0.1, 0.15) is 22.5 Å². The van der Waals surface area contributed by atoms with Crippen LogP contribution in [-0.4, -0.2) is 32.3 Å². The zero-order valence-electron chi connectivity index (χ0n) is 16.5. The minimum atomic E-state index is 0.816. The molecule has 5 heteroatoms. The molecule has 0 aliphatic rings. The van der Waals surface area contributed by atoms with Crippen molar-refractivity contribution in [3.63, 3.8) is 0 Å². The molecule has 0 spiro atoms. The molecule has 0 fully saturated rings. The molecule has 142 valence electrons. The largest absolute Gasteiger partial charge is 0.298 e. The highest BCUT2D eigenvalue weighted by atomic mass is 15.2. The van der Waals surface area contributed by atoms with Gasteiger partial charge < -0.3 is 0 Å². The van der Waals surface area contributed by atoms with E-state index >= 15 is 0 Å². The van der Waals surface area contributed by atoms with E-state index in [1.54, 1.807) is 0 Å². The topological polar surface area (TPSA) is 60.6 Å². The maximum Gasteiger partial charge on any atom is 0.0695 e. The second-order valence-electron chi connectivity index (χ2n) is 7.30. The van der Waals surface area contributed by atoms with Gasteiger partial charge in [0.2, 0.25) is 0 Å². The van der Waals surface area contributed by atoms with E-state index in [9.17, 15) is 0 Å². The van der Waals surface area contributed by atoms with Gasteiger partial charge in [-0.1, -0.05) is 54.6 Å². The Bertz CT molecular complexity index is 1020. The molecule has 0 atom stereocenters.